The predicted octanol–water partition coefficient (Wildman–Crippen LogP) is 20.2. The monoisotopic (exact) mass is 974 g/mol. The Bertz CT molecular complexity index is 2750. The number of allylic oxidation sites excluding steroid dienone is 1. The van der Waals surface area contributed by atoms with Crippen molar-refractivity contribution < 1.29 is 0 Å². The molecule has 0 N–H and O–H groups in total. The Morgan fingerprint density at radius 1 is 0.315 bits per heavy atom. The summed E-state index contributed by atoms with van der Waals surface area (Å²) in [5.74, 6) is -0.0428. The second kappa shape index (κ2) is 19.5. The molecular formula is C70H91N3. The van der Waals surface area contributed by atoms with E-state index < -0.39 is 5.54 Å². The summed E-state index contributed by atoms with van der Waals surface area (Å²) in [5.41, 5.74) is 19.2. The van der Waals surface area contributed by atoms with Crippen LogP contribution in [0.25, 0.3) is 0 Å². The molecule has 6 aromatic carbocycles. The third kappa shape index (κ3) is 11.2. The van der Waals surface area contributed by atoms with E-state index in [4.69, 9.17) is 0 Å². The van der Waals surface area contributed by atoms with Crippen LogP contribution in [0, 0.1) is 5.92 Å². The van der Waals surface area contributed by atoms with Crippen LogP contribution in [0.5, 0.6) is 0 Å². The third-order valence-electron chi connectivity index (χ3n) is 16.0. The largest absolute Gasteiger partial charge is 0.331 e. The molecular weight excluding hydrogens is 883 g/mol. The number of hydrogen-bond donors (Lipinski definition) is 0. The molecule has 1 aliphatic rings. The first kappa shape index (κ1) is 55.0. The molecule has 0 aliphatic heterocycles. The molecule has 0 amide bonds. The molecule has 7 rings (SSSR count). The molecule has 2 unspecified atom stereocenters. The minimum Gasteiger partial charge on any atom is -0.331 e. The zero-order valence-electron chi connectivity index (χ0n) is 49.3. The van der Waals surface area contributed by atoms with Gasteiger partial charge in [0.05, 0.1) is 11.2 Å². The van der Waals surface area contributed by atoms with Crippen molar-refractivity contribution in [1.29, 1.82) is 0 Å². The minimum absolute atomic E-state index is 0.00584. The summed E-state index contributed by atoms with van der Waals surface area (Å²) in [5, 5.41) is 0. The standard InChI is InChI=1S/C70H91N3/c1-47-62(71(56-35-23-50(24-36-56)64(4,5)6)57-37-25-51(26-38-57)65(7,8)9)48(2)70(22,73(60-43-31-54(32-44-60)68(16,17)18)61-45-33-55(34-46-61)69(19,20)21)49(3)63(47)72(58-39-27-52(28-40-58)66(10,11)12)59-41-29-53(30-42-59)67(13,14)15/h23-46,48H,1-22H3. The van der Waals surface area contributed by atoms with Gasteiger partial charge in [0, 0.05) is 45.7 Å². The number of nitrogens with zero attached hydrogens (tertiary/aromatic N) is 3. The molecule has 73 heavy (non-hydrogen) atoms. The Morgan fingerprint density at radius 3 is 0.740 bits per heavy atom. The van der Waals surface area contributed by atoms with E-state index in [1.807, 2.05) is 0 Å². The van der Waals surface area contributed by atoms with Gasteiger partial charge in [-0.05, 0) is 171 Å². The highest BCUT2D eigenvalue weighted by molar-refractivity contribution is 5.81. The Balaban J connectivity index is 1.64. The normalized spacial score (nSPS) is 17.3. The van der Waals surface area contributed by atoms with Crippen molar-refractivity contribution in [2.24, 2.45) is 5.92 Å². The predicted molar refractivity (Wildman–Crippen MR) is 320 cm³/mol. The number of anilines is 6. The van der Waals surface area contributed by atoms with Gasteiger partial charge < -0.3 is 14.7 Å². The smallest absolute Gasteiger partial charge is 0.0735 e. The van der Waals surface area contributed by atoms with Gasteiger partial charge in [-0.2, -0.15) is 0 Å². The van der Waals surface area contributed by atoms with Crippen LogP contribution in [0.3, 0.4) is 0 Å². The van der Waals surface area contributed by atoms with E-state index in [0.717, 1.165) is 34.1 Å². The van der Waals surface area contributed by atoms with Crippen LogP contribution >= 0.6 is 0 Å². The number of benzene rings is 6. The summed E-state index contributed by atoms with van der Waals surface area (Å²) in [4.78, 5) is 7.84. The van der Waals surface area contributed by atoms with Crippen LogP contribution in [-0.4, -0.2) is 5.54 Å². The van der Waals surface area contributed by atoms with Gasteiger partial charge in [0.25, 0.3) is 0 Å². The summed E-state index contributed by atoms with van der Waals surface area (Å²) < 4.78 is 0. The van der Waals surface area contributed by atoms with Crippen molar-refractivity contribution in [3.8, 4) is 0 Å². The van der Waals surface area contributed by atoms with E-state index in [1.54, 1.807) is 0 Å². The molecule has 6 aromatic rings. The van der Waals surface area contributed by atoms with Gasteiger partial charge in [-0.15, -0.1) is 0 Å². The maximum atomic E-state index is 2.67. The van der Waals surface area contributed by atoms with E-state index in [9.17, 15) is 0 Å². The summed E-state index contributed by atoms with van der Waals surface area (Å²) in [6, 6.07) is 56.5. The fourth-order valence-electron chi connectivity index (χ4n) is 10.8. The average molecular weight is 975 g/mol. The van der Waals surface area contributed by atoms with Crippen LogP contribution in [0.2, 0.25) is 0 Å². The van der Waals surface area contributed by atoms with Gasteiger partial charge in [0.2, 0.25) is 0 Å². The molecule has 0 radical (unpaired) electrons. The van der Waals surface area contributed by atoms with Crippen molar-refractivity contribution in [3.05, 3.63) is 202 Å². The maximum Gasteiger partial charge on any atom is 0.0735 e. The first-order chi connectivity index (χ1) is 33.6. The highest BCUT2D eigenvalue weighted by Gasteiger charge is 2.50. The fraction of sp³-hybridized carbons (Fsp3) is 0.429. The molecule has 0 bridgehead atoms. The molecule has 386 valence electrons. The van der Waals surface area contributed by atoms with Crippen molar-refractivity contribution in [2.45, 2.75) is 190 Å². The minimum atomic E-state index is -0.624. The molecule has 0 spiro atoms. The van der Waals surface area contributed by atoms with Crippen molar-refractivity contribution in [3.63, 3.8) is 0 Å². The third-order valence-corrected chi connectivity index (χ3v) is 16.0. The summed E-state index contributed by atoms with van der Waals surface area (Å²) in [6.07, 6.45) is 0. The molecule has 3 heteroatoms. The summed E-state index contributed by atoms with van der Waals surface area (Å²) in [7, 11) is 0. The van der Waals surface area contributed by atoms with Gasteiger partial charge >= 0.3 is 0 Å². The lowest BCUT2D eigenvalue weighted by Crippen LogP contribution is -2.55. The van der Waals surface area contributed by atoms with E-state index in [0.29, 0.717) is 0 Å². The zero-order chi connectivity index (χ0) is 54.0. The van der Waals surface area contributed by atoms with E-state index >= 15 is 0 Å². The van der Waals surface area contributed by atoms with Crippen LogP contribution < -0.4 is 14.7 Å². The van der Waals surface area contributed by atoms with Crippen molar-refractivity contribution >= 4 is 34.1 Å². The first-order valence-corrected chi connectivity index (χ1v) is 27.1. The highest BCUT2D eigenvalue weighted by Crippen LogP contribution is 2.55. The van der Waals surface area contributed by atoms with Gasteiger partial charge in [-0.3, -0.25) is 0 Å². The molecule has 0 saturated carbocycles. The second-order valence-corrected chi connectivity index (χ2v) is 27.6. The molecule has 2 atom stereocenters. The summed E-state index contributed by atoms with van der Waals surface area (Å²) in [6.45, 7) is 51.3. The SMILES string of the molecule is CC1=C(N(c2ccc(C(C)(C)C)cc2)c2ccc(C(C)(C)C)cc2)C(C)C(C)(N(c2ccc(C(C)(C)C)cc2)c2ccc(C(C)(C)C)cc2)C(C)=C1N(c1ccc(C(C)(C)C)cc1)c1ccc(C(C)(C)C)cc1. The van der Waals surface area contributed by atoms with Crippen molar-refractivity contribution in [1.82, 2.24) is 0 Å². The maximum absolute atomic E-state index is 2.67. The van der Waals surface area contributed by atoms with Crippen molar-refractivity contribution in [2.75, 3.05) is 14.7 Å². The Labute approximate surface area is 444 Å². The molecule has 0 fully saturated rings. The first-order valence-electron chi connectivity index (χ1n) is 27.1. The van der Waals surface area contributed by atoms with Crippen LogP contribution in [0.4, 0.5) is 34.1 Å². The van der Waals surface area contributed by atoms with E-state index in [1.165, 1.54) is 55.9 Å². The Kier molecular flexibility index (Phi) is 14.7. The average Bonchev–Trinajstić information content (AvgIpc) is 3.30. The van der Waals surface area contributed by atoms with Gasteiger partial charge in [-0.1, -0.05) is 204 Å². The fourth-order valence-corrected chi connectivity index (χ4v) is 10.8. The molecule has 3 nitrogen and oxygen atoms in total. The number of hydrogen-bond acceptors (Lipinski definition) is 3. The van der Waals surface area contributed by atoms with Crippen LogP contribution in [-0.2, 0) is 32.5 Å². The molecule has 0 saturated heterocycles. The Morgan fingerprint density at radius 2 is 0.521 bits per heavy atom. The lowest BCUT2D eigenvalue weighted by Gasteiger charge is -2.54. The van der Waals surface area contributed by atoms with Crippen LogP contribution in [0.1, 0.15) is 186 Å². The Hall–Kier alpha value is -5.80. The van der Waals surface area contributed by atoms with Gasteiger partial charge in [-0.25, -0.2) is 0 Å². The molecule has 1 aliphatic carbocycles. The van der Waals surface area contributed by atoms with E-state index in [-0.39, 0.29) is 38.4 Å². The summed E-state index contributed by atoms with van der Waals surface area (Å²) >= 11 is 0. The van der Waals surface area contributed by atoms with Gasteiger partial charge in [0.1, 0.15) is 0 Å². The molecule has 0 heterocycles. The highest BCUT2D eigenvalue weighted by atomic mass is 15.3. The lowest BCUT2D eigenvalue weighted by molar-refractivity contribution is 0.390. The second-order valence-electron chi connectivity index (χ2n) is 27.6. The number of rotatable bonds is 9. The van der Waals surface area contributed by atoms with E-state index in [2.05, 4.69) is 313 Å². The topological polar surface area (TPSA) is 9.72 Å². The molecule has 0 aromatic heterocycles. The van der Waals surface area contributed by atoms with Crippen LogP contribution in [0.15, 0.2) is 168 Å². The quantitative estimate of drug-likeness (QED) is 0.143. The lowest BCUT2D eigenvalue weighted by atomic mass is 9.69. The zero-order valence-corrected chi connectivity index (χ0v) is 49.3. The van der Waals surface area contributed by atoms with Gasteiger partial charge in [0.15, 0.2) is 0 Å².